The van der Waals surface area contributed by atoms with Crippen LogP contribution in [0, 0.1) is 0 Å². The smallest absolute Gasteiger partial charge is 0.246 e. The summed E-state index contributed by atoms with van der Waals surface area (Å²) in [5.74, 6) is 0.0284. The Morgan fingerprint density at radius 1 is 1.40 bits per heavy atom. The van der Waals surface area contributed by atoms with E-state index in [1.165, 1.54) is 12.7 Å². The van der Waals surface area contributed by atoms with Crippen LogP contribution in [0.4, 0.5) is 5.69 Å². The highest BCUT2D eigenvalue weighted by Crippen LogP contribution is 2.29. The third-order valence-electron chi connectivity index (χ3n) is 3.41. The van der Waals surface area contributed by atoms with Crippen molar-refractivity contribution >= 4 is 17.5 Å². The lowest BCUT2D eigenvalue weighted by atomic mass is 10.1. The second-order valence-corrected chi connectivity index (χ2v) is 4.82. The highest BCUT2D eigenvalue weighted by Gasteiger charge is 2.23. The third kappa shape index (κ3) is 3.17. The van der Waals surface area contributed by atoms with Crippen molar-refractivity contribution in [3.63, 3.8) is 0 Å². The maximum absolute atomic E-state index is 11.8. The number of amides is 2. The largest absolute Gasteiger partial charge is 0.375 e. The number of nitrogens with zero attached hydrogens (tertiary/aromatic N) is 1. The molecule has 0 aromatic heterocycles. The molecule has 1 aromatic carbocycles. The Bertz CT molecular complexity index is 514. The molecule has 5 nitrogen and oxygen atoms in total. The average molecular weight is 276 g/mol. The number of nitrogens with one attached hydrogen (secondary N) is 1. The van der Waals surface area contributed by atoms with Crippen LogP contribution in [0.25, 0.3) is 0 Å². The lowest BCUT2D eigenvalue weighted by Gasteiger charge is -2.16. The molecule has 1 aliphatic rings. The number of anilines is 1. The number of carbonyl (C=O) groups is 2. The van der Waals surface area contributed by atoms with Gasteiger partial charge in [-0.15, -0.1) is 0 Å². The zero-order valence-corrected chi connectivity index (χ0v) is 11.9. The van der Waals surface area contributed by atoms with Gasteiger partial charge in [0.15, 0.2) is 0 Å². The molecule has 0 atom stereocenters. The third-order valence-corrected chi connectivity index (χ3v) is 3.41. The Balaban J connectivity index is 2.03. The Kier molecular flexibility index (Phi) is 4.74. The van der Waals surface area contributed by atoms with Crippen molar-refractivity contribution in [2.45, 2.75) is 26.3 Å². The summed E-state index contributed by atoms with van der Waals surface area (Å²) in [7, 11) is 1.49. The van der Waals surface area contributed by atoms with Crippen LogP contribution >= 0.6 is 0 Å². The molecule has 0 bridgehead atoms. The minimum Gasteiger partial charge on any atom is -0.375 e. The summed E-state index contributed by atoms with van der Waals surface area (Å²) >= 11 is 0. The van der Waals surface area contributed by atoms with Gasteiger partial charge in [0.05, 0.1) is 0 Å². The standard InChI is InChI=1S/C15H20N2O3/c1-3-15(19)17-7-6-12-8-11(4-5-13(12)17)9-16-14(18)10-20-2/h4-5,8H,3,6-7,9-10H2,1-2H3,(H,16,18). The van der Waals surface area contributed by atoms with Crippen molar-refractivity contribution in [3.05, 3.63) is 29.3 Å². The van der Waals surface area contributed by atoms with Crippen LogP contribution in [0.2, 0.25) is 0 Å². The number of hydrogen-bond acceptors (Lipinski definition) is 3. The fraction of sp³-hybridized carbons (Fsp3) is 0.467. The monoisotopic (exact) mass is 276 g/mol. The van der Waals surface area contributed by atoms with Crippen LogP contribution < -0.4 is 10.2 Å². The number of benzene rings is 1. The van der Waals surface area contributed by atoms with Crippen molar-refractivity contribution < 1.29 is 14.3 Å². The van der Waals surface area contributed by atoms with Crippen molar-refractivity contribution in [2.24, 2.45) is 0 Å². The summed E-state index contributed by atoms with van der Waals surface area (Å²) < 4.78 is 4.76. The molecule has 0 unspecified atom stereocenters. The molecular weight excluding hydrogens is 256 g/mol. The maximum Gasteiger partial charge on any atom is 0.246 e. The number of rotatable bonds is 5. The molecule has 1 aromatic rings. The summed E-state index contributed by atoms with van der Waals surface area (Å²) in [5, 5.41) is 2.79. The van der Waals surface area contributed by atoms with Crippen molar-refractivity contribution in [3.8, 4) is 0 Å². The average Bonchev–Trinajstić information content (AvgIpc) is 2.87. The van der Waals surface area contributed by atoms with E-state index in [0.717, 1.165) is 24.2 Å². The van der Waals surface area contributed by atoms with Gasteiger partial charge in [-0.3, -0.25) is 9.59 Å². The summed E-state index contributed by atoms with van der Waals surface area (Å²) in [6.07, 6.45) is 1.40. The van der Waals surface area contributed by atoms with Gasteiger partial charge in [-0.2, -0.15) is 0 Å². The quantitative estimate of drug-likeness (QED) is 0.880. The second-order valence-electron chi connectivity index (χ2n) is 4.82. The van der Waals surface area contributed by atoms with Gasteiger partial charge in [-0.25, -0.2) is 0 Å². The first-order valence-corrected chi connectivity index (χ1v) is 6.83. The van der Waals surface area contributed by atoms with Crippen molar-refractivity contribution in [1.82, 2.24) is 5.32 Å². The van der Waals surface area contributed by atoms with E-state index in [0.29, 0.717) is 13.0 Å². The molecular formula is C15H20N2O3. The normalized spacial score (nSPS) is 13.2. The summed E-state index contributed by atoms with van der Waals surface area (Å²) in [6, 6.07) is 5.98. The van der Waals surface area contributed by atoms with E-state index in [-0.39, 0.29) is 18.4 Å². The van der Waals surface area contributed by atoms with Gasteiger partial charge in [0.1, 0.15) is 6.61 Å². The van der Waals surface area contributed by atoms with Crippen LogP contribution in [-0.4, -0.2) is 32.1 Å². The molecule has 1 aliphatic heterocycles. The minimum atomic E-state index is -0.129. The van der Waals surface area contributed by atoms with Gasteiger partial charge < -0.3 is 15.0 Å². The Labute approximate surface area is 118 Å². The summed E-state index contributed by atoms with van der Waals surface area (Å²) in [5.41, 5.74) is 3.22. The number of methoxy groups -OCH3 is 1. The summed E-state index contributed by atoms with van der Waals surface area (Å²) in [4.78, 5) is 25.0. The fourth-order valence-electron chi connectivity index (χ4n) is 2.40. The zero-order chi connectivity index (χ0) is 14.5. The molecule has 0 aliphatic carbocycles. The van der Waals surface area contributed by atoms with Crippen molar-refractivity contribution in [1.29, 1.82) is 0 Å². The first-order chi connectivity index (χ1) is 9.65. The van der Waals surface area contributed by atoms with Crippen LogP contribution in [-0.2, 0) is 27.3 Å². The second kappa shape index (κ2) is 6.52. The molecule has 0 saturated heterocycles. The zero-order valence-electron chi connectivity index (χ0n) is 11.9. The van der Waals surface area contributed by atoms with E-state index in [9.17, 15) is 9.59 Å². The Morgan fingerprint density at radius 3 is 2.90 bits per heavy atom. The number of carbonyl (C=O) groups excluding carboxylic acids is 2. The van der Waals surface area contributed by atoms with E-state index >= 15 is 0 Å². The number of fused-ring (bicyclic) bond motifs is 1. The van der Waals surface area contributed by atoms with E-state index in [4.69, 9.17) is 4.74 Å². The van der Waals surface area contributed by atoms with E-state index in [1.54, 1.807) is 0 Å². The lowest BCUT2D eigenvalue weighted by Crippen LogP contribution is -2.28. The fourth-order valence-corrected chi connectivity index (χ4v) is 2.40. The molecule has 5 heteroatoms. The first-order valence-electron chi connectivity index (χ1n) is 6.83. The molecule has 2 amide bonds. The summed E-state index contributed by atoms with van der Waals surface area (Å²) in [6.45, 7) is 3.18. The predicted octanol–water partition coefficient (Wildman–Crippen LogP) is 1.25. The highest BCUT2D eigenvalue weighted by atomic mass is 16.5. The highest BCUT2D eigenvalue weighted by molar-refractivity contribution is 5.95. The van der Waals surface area contributed by atoms with Gasteiger partial charge >= 0.3 is 0 Å². The van der Waals surface area contributed by atoms with Gasteiger partial charge in [0.2, 0.25) is 11.8 Å². The van der Waals surface area contributed by atoms with Crippen molar-refractivity contribution in [2.75, 3.05) is 25.2 Å². The van der Waals surface area contributed by atoms with Gasteiger partial charge in [-0.05, 0) is 23.6 Å². The molecule has 0 fully saturated rings. The van der Waals surface area contributed by atoms with Gasteiger partial charge in [0, 0.05) is 32.3 Å². The molecule has 20 heavy (non-hydrogen) atoms. The SMILES string of the molecule is CCC(=O)N1CCc2cc(CNC(=O)COC)ccc21. The maximum atomic E-state index is 11.8. The molecule has 1 heterocycles. The predicted molar refractivity (Wildman–Crippen MR) is 76.5 cm³/mol. The molecule has 108 valence electrons. The molecule has 0 spiro atoms. The van der Waals surface area contributed by atoms with E-state index in [2.05, 4.69) is 11.4 Å². The Hall–Kier alpha value is -1.88. The van der Waals surface area contributed by atoms with E-state index < -0.39 is 0 Å². The van der Waals surface area contributed by atoms with E-state index in [1.807, 2.05) is 24.0 Å². The Morgan fingerprint density at radius 2 is 2.20 bits per heavy atom. The van der Waals surface area contributed by atoms with Gasteiger partial charge in [0.25, 0.3) is 0 Å². The molecule has 0 radical (unpaired) electrons. The molecule has 2 rings (SSSR count). The lowest BCUT2D eigenvalue weighted by molar-refractivity contribution is -0.124. The van der Waals surface area contributed by atoms with Gasteiger partial charge in [-0.1, -0.05) is 19.1 Å². The van der Waals surface area contributed by atoms with Crippen LogP contribution in [0.3, 0.4) is 0 Å². The topological polar surface area (TPSA) is 58.6 Å². The minimum absolute atomic E-state index is 0.0731. The molecule has 0 saturated carbocycles. The number of hydrogen-bond donors (Lipinski definition) is 1. The first kappa shape index (κ1) is 14.5. The van der Waals surface area contributed by atoms with Crippen LogP contribution in [0.15, 0.2) is 18.2 Å². The van der Waals surface area contributed by atoms with Crippen LogP contribution in [0.5, 0.6) is 0 Å². The van der Waals surface area contributed by atoms with Crippen LogP contribution in [0.1, 0.15) is 24.5 Å². The number of ether oxygens (including phenoxy) is 1. The molecule has 1 N–H and O–H groups in total.